The van der Waals surface area contributed by atoms with Crippen LogP contribution in [0.25, 0.3) is 0 Å². The number of hydrogen-bond donors (Lipinski definition) is 1. The van der Waals surface area contributed by atoms with Gasteiger partial charge >= 0.3 is 0 Å². The summed E-state index contributed by atoms with van der Waals surface area (Å²) in [6.45, 7) is 7.93. The van der Waals surface area contributed by atoms with Gasteiger partial charge in [-0.05, 0) is 50.5 Å². The van der Waals surface area contributed by atoms with Gasteiger partial charge in [-0.2, -0.15) is 0 Å². The topological polar surface area (TPSA) is 75.7 Å². The first kappa shape index (κ1) is 22.7. The van der Waals surface area contributed by atoms with Gasteiger partial charge in [0.1, 0.15) is 12.3 Å². The van der Waals surface area contributed by atoms with Gasteiger partial charge in [0.05, 0.1) is 24.6 Å². The van der Waals surface area contributed by atoms with Crippen LogP contribution in [0.3, 0.4) is 0 Å². The van der Waals surface area contributed by atoms with Crippen molar-refractivity contribution in [3.63, 3.8) is 0 Å². The van der Waals surface area contributed by atoms with Crippen molar-refractivity contribution < 1.29 is 17.9 Å². The third kappa shape index (κ3) is 5.97. The van der Waals surface area contributed by atoms with Gasteiger partial charge in [-0.1, -0.05) is 42.8 Å². The first-order chi connectivity index (χ1) is 13.7. The van der Waals surface area contributed by atoms with Gasteiger partial charge in [0.2, 0.25) is 15.9 Å². The summed E-state index contributed by atoms with van der Waals surface area (Å²) in [7, 11) is -3.68. The lowest BCUT2D eigenvalue weighted by Crippen LogP contribution is -2.41. The van der Waals surface area contributed by atoms with Gasteiger partial charge in [0, 0.05) is 0 Å². The van der Waals surface area contributed by atoms with Gasteiger partial charge in [0.25, 0.3) is 0 Å². The van der Waals surface area contributed by atoms with E-state index in [-0.39, 0.29) is 18.5 Å². The van der Waals surface area contributed by atoms with Gasteiger partial charge < -0.3 is 10.1 Å². The number of hydrogen-bond acceptors (Lipinski definition) is 4. The third-order valence-corrected chi connectivity index (χ3v) is 5.79. The molecule has 29 heavy (non-hydrogen) atoms. The summed E-state index contributed by atoms with van der Waals surface area (Å²) >= 11 is 0. The Morgan fingerprint density at radius 2 is 1.83 bits per heavy atom. The largest absolute Gasteiger partial charge is 0.492 e. The van der Waals surface area contributed by atoms with Crippen LogP contribution < -0.4 is 14.4 Å². The highest BCUT2D eigenvalue weighted by molar-refractivity contribution is 7.92. The van der Waals surface area contributed by atoms with E-state index in [1.54, 1.807) is 24.3 Å². The number of aryl methyl sites for hydroxylation is 2. The Bertz CT molecular complexity index is 957. The fourth-order valence-corrected chi connectivity index (χ4v) is 4.17. The highest BCUT2D eigenvalue weighted by atomic mass is 32.2. The first-order valence-electron chi connectivity index (χ1n) is 9.73. The Hall–Kier alpha value is -2.54. The third-order valence-electron chi connectivity index (χ3n) is 4.67. The second kappa shape index (κ2) is 9.78. The SMILES string of the molecule is CCOc1ccccc1N(CC(=O)N[C@H](CC)c1ccc(C)cc1C)S(C)(=O)=O. The van der Waals surface area contributed by atoms with Crippen LogP contribution in [-0.4, -0.2) is 33.7 Å². The molecule has 0 aliphatic carbocycles. The maximum absolute atomic E-state index is 12.8. The lowest BCUT2D eigenvalue weighted by Gasteiger charge is -2.26. The van der Waals surface area contributed by atoms with Crippen molar-refractivity contribution in [2.75, 3.05) is 23.7 Å². The number of ether oxygens (including phenoxy) is 1. The quantitative estimate of drug-likeness (QED) is 0.673. The summed E-state index contributed by atoms with van der Waals surface area (Å²) in [6.07, 6.45) is 1.79. The molecule has 1 amide bonds. The molecule has 2 aromatic carbocycles. The average Bonchev–Trinajstić information content (AvgIpc) is 2.65. The summed E-state index contributed by atoms with van der Waals surface area (Å²) in [5, 5.41) is 2.98. The van der Waals surface area contributed by atoms with E-state index in [1.165, 1.54) is 0 Å². The normalized spacial score (nSPS) is 12.3. The number of sulfonamides is 1. The fourth-order valence-electron chi connectivity index (χ4n) is 3.31. The van der Waals surface area contributed by atoms with Crippen LogP contribution >= 0.6 is 0 Å². The zero-order valence-corrected chi connectivity index (χ0v) is 18.5. The predicted octanol–water partition coefficient (Wildman–Crippen LogP) is 3.74. The monoisotopic (exact) mass is 418 g/mol. The Kier molecular flexibility index (Phi) is 7.67. The number of amides is 1. The molecule has 158 valence electrons. The van der Waals surface area contributed by atoms with E-state index >= 15 is 0 Å². The van der Waals surface area contributed by atoms with Crippen LogP contribution in [0.15, 0.2) is 42.5 Å². The minimum absolute atomic E-state index is 0.188. The Morgan fingerprint density at radius 1 is 1.14 bits per heavy atom. The highest BCUT2D eigenvalue weighted by Crippen LogP contribution is 2.30. The second-order valence-electron chi connectivity index (χ2n) is 7.06. The maximum Gasteiger partial charge on any atom is 0.241 e. The molecule has 0 bridgehead atoms. The van der Waals surface area contributed by atoms with E-state index in [1.807, 2.05) is 39.8 Å². The molecule has 6 nitrogen and oxygen atoms in total. The molecule has 7 heteroatoms. The number of carbonyl (C=O) groups excluding carboxylic acids is 1. The molecule has 0 spiro atoms. The number of para-hydroxylation sites is 2. The van der Waals surface area contributed by atoms with Crippen LogP contribution in [0.4, 0.5) is 5.69 Å². The van der Waals surface area contributed by atoms with E-state index in [0.29, 0.717) is 24.5 Å². The van der Waals surface area contributed by atoms with E-state index in [9.17, 15) is 13.2 Å². The van der Waals surface area contributed by atoms with Gasteiger partial charge in [-0.25, -0.2) is 8.42 Å². The van der Waals surface area contributed by atoms with Crippen molar-refractivity contribution in [2.24, 2.45) is 0 Å². The summed E-state index contributed by atoms with van der Waals surface area (Å²) < 4.78 is 31.5. The lowest BCUT2D eigenvalue weighted by atomic mass is 9.97. The minimum atomic E-state index is -3.68. The van der Waals surface area contributed by atoms with Crippen LogP contribution in [0.2, 0.25) is 0 Å². The molecule has 0 aliphatic rings. The maximum atomic E-state index is 12.8. The Balaban J connectivity index is 2.27. The van der Waals surface area contributed by atoms with Gasteiger partial charge in [-0.15, -0.1) is 0 Å². The minimum Gasteiger partial charge on any atom is -0.492 e. The van der Waals surface area contributed by atoms with E-state index in [4.69, 9.17) is 4.74 Å². The molecule has 1 atom stereocenters. The summed E-state index contributed by atoms with van der Waals surface area (Å²) in [5.41, 5.74) is 3.64. The molecule has 1 N–H and O–H groups in total. The molecule has 0 fully saturated rings. The second-order valence-corrected chi connectivity index (χ2v) is 8.97. The van der Waals surface area contributed by atoms with Crippen molar-refractivity contribution >= 4 is 21.6 Å². The molecule has 0 radical (unpaired) electrons. The molecule has 0 aliphatic heterocycles. The van der Waals surface area contributed by atoms with Crippen LogP contribution in [-0.2, 0) is 14.8 Å². The average molecular weight is 419 g/mol. The number of anilines is 1. The van der Waals surface area contributed by atoms with Crippen LogP contribution in [0.1, 0.15) is 43.0 Å². The van der Waals surface area contributed by atoms with Crippen molar-refractivity contribution in [2.45, 2.75) is 40.2 Å². The molecule has 2 aromatic rings. The van der Waals surface area contributed by atoms with E-state index in [2.05, 4.69) is 11.4 Å². The fraction of sp³-hybridized carbons (Fsp3) is 0.409. The molecule has 0 unspecified atom stereocenters. The molecule has 0 saturated heterocycles. The summed E-state index contributed by atoms with van der Waals surface area (Å²) in [4.78, 5) is 12.8. The number of nitrogens with zero attached hydrogens (tertiary/aromatic N) is 1. The number of nitrogens with one attached hydrogen (secondary N) is 1. The molecule has 0 saturated carbocycles. The van der Waals surface area contributed by atoms with Crippen molar-refractivity contribution in [1.82, 2.24) is 5.32 Å². The van der Waals surface area contributed by atoms with Crippen molar-refractivity contribution in [3.05, 3.63) is 59.2 Å². The lowest BCUT2D eigenvalue weighted by molar-refractivity contribution is -0.120. The van der Waals surface area contributed by atoms with Crippen LogP contribution in [0, 0.1) is 13.8 Å². The standard InChI is InChI=1S/C22H30N2O4S/c1-6-19(18-13-12-16(3)14-17(18)4)23-22(25)15-24(29(5,26)27)20-10-8-9-11-21(20)28-7-2/h8-14,19H,6-7,15H2,1-5H3,(H,23,25)/t19-/m1/s1. The molecule has 0 heterocycles. The summed E-state index contributed by atoms with van der Waals surface area (Å²) in [6, 6.07) is 12.7. The van der Waals surface area contributed by atoms with Gasteiger partial charge in [0.15, 0.2) is 0 Å². The highest BCUT2D eigenvalue weighted by Gasteiger charge is 2.25. The number of benzene rings is 2. The summed E-state index contributed by atoms with van der Waals surface area (Å²) in [5.74, 6) is 0.0585. The molecular formula is C22H30N2O4S. The van der Waals surface area contributed by atoms with E-state index in [0.717, 1.165) is 27.3 Å². The number of rotatable bonds is 9. The van der Waals surface area contributed by atoms with E-state index < -0.39 is 10.0 Å². The van der Waals surface area contributed by atoms with Crippen LogP contribution in [0.5, 0.6) is 5.75 Å². The first-order valence-corrected chi connectivity index (χ1v) is 11.6. The zero-order chi connectivity index (χ0) is 21.6. The molecule has 2 rings (SSSR count). The van der Waals surface area contributed by atoms with Gasteiger partial charge in [-0.3, -0.25) is 9.10 Å². The smallest absolute Gasteiger partial charge is 0.241 e. The van der Waals surface area contributed by atoms with Crippen molar-refractivity contribution in [3.8, 4) is 5.75 Å². The Morgan fingerprint density at radius 3 is 2.41 bits per heavy atom. The predicted molar refractivity (Wildman–Crippen MR) is 117 cm³/mol. The molecular weight excluding hydrogens is 388 g/mol. The number of carbonyl (C=O) groups is 1. The molecule has 0 aromatic heterocycles. The van der Waals surface area contributed by atoms with Crippen molar-refractivity contribution in [1.29, 1.82) is 0 Å². The zero-order valence-electron chi connectivity index (χ0n) is 17.7. The Labute approximate surface area is 173 Å².